The van der Waals surface area contributed by atoms with E-state index in [1.54, 1.807) is 0 Å². The lowest BCUT2D eigenvalue weighted by Gasteiger charge is -2.03. The van der Waals surface area contributed by atoms with E-state index >= 15 is 0 Å². The smallest absolute Gasteiger partial charge is 0.306 e. The minimum Gasteiger partial charge on any atom is -0.498 e. The van der Waals surface area contributed by atoms with Crippen molar-refractivity contribution < 1.29 is 19.4 Å². The van der Waals surface area contributed by atoms with Gasteiger partial charge in [0.25, 0.3) is 0 Å². The van der Waals surface area contributed by atoms with Gasteiger partial charge in [-0.25, -0.2) is 0 Å². The van der Waals surface area contributed by atoms with Crippen LogP contribution >= 0.6 is 0 Å². The molecule has 0 atom stereocenters. The molecule has 0 bridgehead atoms. The van der Waals surface area contributed by atoms with Crippen LogP contribution in [0.3, 0.4) is 0 Å². The minimum atomic E-state index is -0.850. The van der Waals surface area contributed by atoms with E-state index in [0.717, 1.165) is 6.42 Å². The highest BCUT2D eigenvalue weighted by atomic mass is 16.5. The van der Waals surface area contributed by atoms with E-state index in [9.17, 15) is 4.79 Å². The summed E-state index contributed by atoms with van der Waals surface area (Å²) in [7, 11) is 0. The number of hydrogen-bond acceptors (Lipinski definition) is 4. The van der Waals surface area contributed by atoms with Gasteiger partial charge in [0.1, 0.15) is 12.5 Å². The topological polar surface area (TPSA) is 90.8 Å². The molecule has 0 radical (unpaired) electrons. The Kier molecular flexibility index (Phi) is 24.7. The van der Waals surface area contributed by atoms with Crippen LogP contribution in [-0.4, -0.2) is 24.3 Å². The second-order valence-electron chi connectivity index (χ2n) is 6.75. The van der Waals surface area contributed by atoms with Crippen LogP contribution in [-0.2, 0) is 14.3 Å². The van der Waals surface area contributed by atoms with Crippen molar-refractivity contribution in [2.24, 2.45) is 0 Å². The van der Waals surface area contributed by atoms with Gasteiger partial charge in [-0.05, 0) is 6.42 Å². The monoisotopic (exact) mass is 373 g/mol. The van der Waals surface area contributed by atoms with E-state index in [-0.39, 0.29) is 19.2 Å². The van der Waals surface area contributed by atoms with Gasteiger partial charge in [-0.2, -0.15) is 0 Å². The lowest BCUT2D eigenvalue weighted by molar-refractivity contribution is -0.137. The maximum atomic E-state index is 10.3. The van der Waals surface area contributed by atoms with Gasteiger partial charge in [-0.3, -0.25) is 4.79 Å². The molecule has 0 aliphatic carbocycles. The van der Waals surface area contributed by atoms with Crippen LogP contribution in [0.2, 0.25) is 0 Å². The number of carboxylic acid groups (broad SMARTS) is 1. The molecule has 0 aliphatic heterocycles. The summed E-state index contributed by atoms with van der Waals surface area (Å²) < 4.78 is 10.3. The van der Waals surface area contributed by atoms with Gasteiger partial charge >= 0.3 is 5.97 Å². The average Bonchev–Trinajstić information content (AvgIpc) is 2.60. The number of ether oxygens (including phenoxy) is 2. The summed E-state index contributed by atoms with van der Waals surface area (Å²) in [5.41, 5.74) is 0. The lowest BCUT2D eigenvalue weighted by Crippen LogP contribution is -1.99. The van der Waals surface area contributed by atoms with E-state index in [4.69, 9.17) is 14.6 Å². The first-order valence-corrected chi connectivity index (χ1v) is 10.4. The standard InChI is InChI=1S/C21H40O4.H3N/c1-2-3-4-5-6-7-8-9-10-11-12-13-14-15-17-24-19-20-25-18-16-21(22)23;/h19-20H,2-18H2,1H3,(H,22,23);1H3. The van der Waals surface area contributed by atoms with Gasteiger partial charge in [0.2, 0.25) is 0 Å². The van der Waals surface area contributed by atoms with Crippen molar-refractivity contribution in [1.29, 1.82) is 0 Å². The first kappa shape index (κ1) is 27.0. The number of aliphatic carboxylic acids is 1. The molecular formula is C21H43NO4. The van der Waals surface area contributed by atoms with Crippen LogP contribution < -0.4 is 6.15 Å². The summed E-state index contributed by atoms with van der Waals surface area (Å²) >= 11 is 0. The van der Waals surface area contributed by atoms with Crippen molar-refractivity contribution in [3.8, 4) is 0 Å². The summed E-state index contributed by atoms with van der Waals surface area (Å²) in [6.07, 6.45) is 21.9. The highest BCUT2D eigenvalue weighted by Gasteiger charge is 1.95. The summed E-state index contributed by atoms with van der Waals surface area (Å²) in [5, 5.41) is 8.43. The third kappa shape index (κ3) is 25.0. The summed E-state index contributed by atoms with van der Waals surface area (Å²) in [6, 6.07) is 0. The van der Waals surface area contributed by atoms with E-state index in [1.807, 2.05) is 0 Å². The van der Waals surface area contributed by atoms with Gasteiger partial charge in [0.05, 0.1) is 19.6 Å². The molecule has 5 nitrogen and oxygen atoms in total. The third-order valence-electron chi connectivity index (χ3n) is 4.30. The number of carbonyl (C=O) groups is 1. The Hall–Kier alpha value is -1.23. The predicted molar refractivity (Wildman–Crippen MR) is 109 cm³/mol. The lowest BCUT2D eigenvalue weighted by atomic mass is 10.0. The zero-order valence-corrected chi connectivity index (χ0v) is 17.1. The maximum absolute atomic E-state index is 10.3. The molecule has 0 spiro atoms. The number of rotatable bonds is 20. The van der Waals surface area contributed by atoms with Gasteiger partial charge in [0, 0.05) is 0 Å². The third-order valence-corrected chi connectivity index (χ3v) is 4.30. The number of hydrogen-bond donors (Lipinski definition) is 2. The highest BCUT2D eigenvalue weighted by Crippen LogP contribution is 2.12. The Morgan fingerprint density at radius 3 is 1.50 bits per heavy atom. The first-order valence-electron chi connectivity index (χ1n) is 10.4. The molecule has 0 unspecified atom stereocenters. The molecule has 4 N–H and O–H groups in total. The fourth-order valence-corrected chi connectivity index (χ4v) is 2.74. The largest absolute Gasteiger partial charge is 0.498 e. The van der Waals surface area contributed by atoms with E-state index in [2.05, 4.69) is 6.92 Å². The Bertz CT molecular complexity index is 308. The minimum absolute atomic E-state index is 0. The predicted octanol–water partition coefficient (Wildman–Crippen LogP) is 6.61. The van der Waals surface area contributed by atoms with Gasteiger partial charge < -0.3 is 20.7 Å². The zero-order chi connectivity index (χ0) is 18.4. The molecule has 26 heavy (non-hydrogen) atoms. The molecule has 0 aliphatic rings. The highest BCUT2D eigenvalue weighted by molar-refractivity contribution is 5.66. The molecule has 0 rings (SSSR count). The van der Waals surface area contributed by atoms with Crippen LogP contribution in [0.25, 0.3) is 0 Å². The van der Waals surface area contributed by atoms with Crippen molar-refractivity contribution in [1.82, 2.24) is 6.15 Å². The van der Waals surface area contributed by atoms with Crippen LogP contribution in [0.5, 0.6) is 0 Å². The Morgan fingerprint density at radius 1 is 0.692 bits per heavy atom. The van der Waals surface area contributed by atoms with Crippen molar-refractivity contribution in [3.63, 3.8) is 0 Å². The molecule has 0 aromatic heterocycles. The fraction of sp³-hybridized carbons (Fsp3) is 0.857. The van der Waals surface area contributed by atoms with Crippen molar-refractivity contribution >= 4 is 5.97 Å². The molecular weight excluding hydrogens is 330 g/mol. The van der Waals surface area contributed by atoms with E-state index < -0.39 is 5.97 Å². The van der Waals surface area contributed by atoms with Crippen molar-refractivity contribution in [2.75, 3.05) is 13.2 Å². The quantitative estimate of drug-likeness (QED) is 0.185. The van der Waals surface area contributed by atoms with Gasteiger partial charge in [-0.1, -0.05) is 90.4 Å². The maximum Gasteiger partial charge on any atom is 0.306 e. The van der Waals surface area contributed by atoms with Crippen LogP contribution in [0.4, 0.5) is 0 Å². The molecule has 156 valence electrons. The van der Waals surface area contributed by atoms with Crippen LogP contribution in [0, 0.1) is 0 Å². The molecule has 0 fully saturated rings. The second kappa shape index (κ2) is 23.8. The molecule has 0 amide bonds. The second-order valence-corrected chi connectivity index (χ2v) is 6.75. The number of unbranched alkanes of at least 4 members (excludes halogenated alkanes) is 13. The van der Waals surface area contributed by atoms with Gasteiger partial charge in [-0.15, -0.1) is 0 Å². The van der Waals surface area contributed by atoms with Crippen molar-refractivity contribution in [2.45, 2.75) is 103 Å². The Labute approximate surface area is 161 Å². The summed E-state index contributed by atoms with van der Waals surface area (Å²) in [5.74, 6) is -0.850. The van der Waals surface area contributed by atoms with Crippen molar-refractivity contribution in [3.05, 3.63) is 12.5 Å². The Balaban J connectivity index is 0. The fourth-order valence-electron chi connectivity index (χ4n) is 2.74. The molecule has 0 aromatic rings. The molecule has 0 saturated heterocycles. The molecule has 0 aromatic carbocycles. The SMILES string of the molecule is CCCCCCCCCCCCCCCCOC=COCCC(=O)O.N. The first-order chi connectivity index (χ1) is 12.3. The Morgan fingerprint density at radius 2 is 1.08 bits per heavy atom. The summed E-state index contributed by atoms with van der Waals surface area (Å²) in [4.78, 5) is 10.3. The van der Waals surface area contributed by atoms with Gasteiger partial charge in [0.15, 0.2) is 0 Å². The summed E-state index contributed by atoms with van der Waals surface area (Å²) in [6.45, 7) is 3.16. The molecule has 0 heterocycles. The van der Waals surface area contributed by atoms with E-state index in [0.29, 0.717) is 6.61 Å². The number of carboxylic acids is 1. The average molecular weight is 374 g/mol. The molecule has 5 heteroatoms. The van der Waals surface area contributed by atoms with E-state index in [1.165, 1.54) is 96.0 Å². The molecule has 0 saturated carbocycles. The normalized spacial score (nSPS) is 10.7. The zero-order valence-electron chi connectivity index (χ0n) is 17.1. The van der Waals surface area contributed by atoms with Crippen LogP contribution in [0.15, 0.2) is 12.5 Å². The van der Waals surface area contributed by atoms with Crippen LogP contribution in [0.1, 0.15) is 103 Å².